The Morgan fingerprint density at radius 1 is 1.03 bits per heavy atom. The number of morpholine rings is 1. The van der Waals surface area contributed by atoms with Crippen molar-refractivity contribution in [1.29, 1.82) is 0 Å². The minimum absolute atomic E-state index is 0.0463. The molecule has 3 aromatic rings. The summed E-state index contributed by atoms with van der Waals surface area (Å²) in [6, 6.07) is 20.3. The van der Waals surface area contributed by atoms with E-state index in [0.29, 0.717) is 12.1 Å². The molecule has 1 fully saturated rings. The van der Waals surface area contributed by atoms with Gasteiger partial charge in [0, 0.05) is 43.3 Å². The number of hydrogen-bond donors (Lipinski definition) is 1. The molecule has 150 valence electrons. The Balaban J connectivity index is 1.45. The number of nitrogens with one attached hydrogen (secondary N) is 1. The Morgan fingerprint density at radius 3 is 2.45 bits per heavy atom. The van der Waals surface area contributed by atoms with Crippen molar-refractivity contribution >= 4 is 5.91 Å². The van der Waals surface area contributed by atoms with Gasteiger partial charge in [-0.3, -0.25) is 9.69 Å². The molecule has 29 heavy (non-hydrogen) atoms. The summed E-state index contributed by atoms with van der Waals surface area (Å²) in [5.74, 6) is -0.0463. The summed E-state index contributed by atoms with van der Waals surface area (Å²) in [5.41, 5.74) is 4.17. The third-order valence-electron chi connectivity index (χ3n) is 5.40. The Hall–Kier alpha value is -2.89. The molecule has 1 aliphatic rings. The fourth-order valence-electron chi connectivity index (χ4n) is 3.81. The fourth-order valence-corrected chi connectivity index (χ4v) is 3.81. The average Bonchev–Trinajstić information content (AvgIpc) is 3.30. The zero-order chi connectivity index (χ0) is 20.1. The van der Waals surface area contributed by atoms with E-state index in [1.165, 1.54) is 11.1 Å². The van der Waals surface area contributed by atoms with Crippen molar-refractivity contribution in [3.05, 3.63) is 89.7 Å². The highest BCUT2D eigenvalue weighted by Gasteiger charge is 2.23. The van der Waals surface area contributed by atoms with Crippen LogP contribution in [0.4, 0.5) is 0 Å². The lowest BCUT2D eigenvalue weighted by Gasteiger charge is -2.35. The van der Waals surface area contributed by atoms with Gasteiger partial charge in [-0.2, -0.15) is 0 Å². The number of aryl methyl sites for hydroxylation is 1. The molecule has 1 N–H and O–H groups in total. The van der Waals surface area contributed by atoms with Gasteiger partial charge in [-0.25, -0.2) is 0 Å². The lowest BCUT2D eigenvalue weighted by Crippen LogP contribution is -2.43. The first-order valence-electron chi connectivity index (χ1n) is 10.1. The van der Waals surface area contributed by atoms with E-state index in [9.17, 15) is 4.79 Å². The van der Waals surface area contributed by atoms with Crippen molar-refractivity contribution in [2.75, 3.05) is 32.8 Å². The summed E-state index contributed by atoms with van der Waals surface area (Å²) in [7, 11) is 0. The zero-order valence-corrected chi connectivity index (χ0v) is 16.8. The molecule has 0 saturated carbocycles. The van der Waals surface area contributed by atoms with Crippen LogP contribution in [0.15, 0.2) is 73.1 Å². The molecular formula is C24H27N3O2. The molecule has 0 bridgehead atoms. The number of carbonyl (C=O) groups excluding carboxylic acids is 1. The van der Waals surface area contributed by atoms with Gasteiger partial charge in [0.1, 0.15) is 0 Å². The Bertz CT molecular complexity index is 929. The van der Waals surface area contributed by atoms with Gasteiger partial charge in [-0.1, -0.05) is 29.8 Å². The molecule has 5 heteroatoms. The van der Waals surface area contributed by atoms with Gasteiger partial charge < -0.3 is 14.6 Å². The smallest absolute Gasteiger partial charge is 0.251 e. The third-order valence-corrected chi connectivity index (χ3v) is 5.40. The molecule has 4 rings (SSSR count). The second kappa shape index (κ2) is 9.07. The van der Waals surface area contributed by atoms with Crippen molar-refractivity contribution in [3.8, 4) is 5.69 Å². The zero-order valence-electron chi connectivity index (χ0n) is 16.8. The predicted octanol–water partition coefficient (Wildman–Crippen LogP) is 3.59. The number of nitrogens with zero attached hydrogens (tertiary/aromatic N) is 2. The molecule has 0 aliphatic carbocycles. The standard InChI is InChI=1S/C24H27N3O2/c1-19-5-4-6-21(17-19)23(27-13-15-29-16-14-27)18-25-24(28)20-7-9-22(10-8-20)26-11-2-3-12-26/h2-12,17,23H,13-16,18H2,1H3,(H,25,28). The first-order chi connectivity index (χ1) is 14.2. The fraction of sp³-hybridized carbons (Fsp3) is 0.292. The maximum absolute atomic E-state index is 12.8. The summed E-state index contributed by atoms with van der Waals surface area (Å²) in [6.07, 6.45) is 3.98. The molecular weight excluding hydrogens is 362 g/mol. The van der Waals surface area contributed by atoms with Gasteiger partial charge in [0.15, 0.2) is 0 Å². The maximum atomic E-state index is 12.8. The topological polar surface area (TPSA) is 46.5 Å². The van der Waals surface area contributed by atoms with Crippen LogP contribution >= 0.6 is 0 Å². The van der Waals surface area contributed by atoms with E-state index in [-0.39, 0.29) is 11.9 Å². The summed E-state index contributed by atoms with van der Waals surface area (Å²) in [6.45, 7) is 5.89. The van der Waals surface area contributed by atoms with E-state index < -0.39 is 0 Å². The number of amides is 1. The van der Waals surface area contributed by atoms with Crippen molar-refractivity contribution in [1.82, 2.24) is 14.8 Å². The van der Waals surface area contributed by atoms with E-state index in [4.69, 9.17) is 4.74 Å². The molecule has 1 atom stereocenters. The van der Waals surface area contributed by atoms with Gasteiger partial charge in [0.2, 0.25) is 0 Å². The van der Waals surface area contributed by atoms with Crippen molar-refractivity contribution in [2.24, 2.45) is 0 Å². The molecule has 1 aliphatic heterocycles. The van der Waals surface area contributed by atoms with Crippen LogP contribution in [0.2, 0.25) is 0 Å². The van der Waals surface area contributed by atoms with Gasteiger partial charge >= 0.3 is 0 Å². The van der Waals surface area contributed by atoms with Crippen molar-refractivity contribution in [2.45, 2.75) is 13.0 Å². The van der Waals surface area contributed by atoms with Crippen LogP contribution in [0.5, 0.6) is 0 Å². The number of rotatable bonds is 6. The third kappa shape index (κ3) is 4.75. The number of carbonyl (C=O) groups is 1. The molecule has 1 saturated heterocycles. The lowest BCUT2D eigenvalue weighted by atomic mass is 10.0. The number of hydrogen-bond acceptors (Lipinski definition) is 3. The van der Waals surface area contributed by atoms with E-state index in [2.05, 4.69) is 41.4 Å². The van der Waals surface area contributed by atoms with Crippen molar-refractivity contribution < 1.29 is 9.53 Å². The minimum atomic E-state index is -0.0463. The van der Waals surface area contributed by atoms with Gasteiger partial charge in [-0.05, 0) is 48.9 Å². The van der Waals surface area contributed by atoms with E-state index in [1.807, 2.05) is 53.4 Å². The van der Waals surface area contributed by atoms with Crippen LogP contribution in [0, 0.1) is 6.92 Å². The molecule has 5 nitrogen and oxygen atoms in total. The maximum Gasteiger partial charge on any atom is 0.251 e. The van der Waals surface area contributed by atoms with Crippen LogP contribution in [0.1, 0.15) is 27.5 Å². The van der Waals surface area contributed by atoms with Gasteiger partial charge in [0.25, 0.3) is 5.91 Å². The molecule has 2 heterocycles. The SMILES string of the molecule is Cc1cccc(C(CNC(=O)c2ccc(-n3cccc3)cc2)N2CCOCC2)c1. The number of aromatic nitrogens is 1. The number of benzene rings is 2. The summed E-state index contributed by atoms with van der Waals surface area (Å²) >= 11 is 0. The second-order valence-electron chi connectivity index (χ2n) is 7.43. The van der Waals surface area contributed by atoms with E-state index in [0.717, 1.165) is 32.0 Å². The predicted molar refractivity (Wildman–Crippen MR) is 114 cm³/mol. The molecule has 1 aromatic heterocycles. The van der Waals surface area contributed by atoms with Gasteiger partial charge in [-0.15, -0.1) is 0 Å². The number of ether oxygens (including phenoxy) is 1. The van der Waals surface area contributed by atoms with Crippen LogP contribution < -0.4 is 5.32 Å². The summed E-state index contributed by atoms with van der Waals surface area (Å²) in [4.78, 5) is 15.2. The van der Waals surface area contributed by atoms with Crippen molar-refractivity contribution in [3.63, 3.8) is 0 Å². The first kappa shape index (κ1) is 19.4. The summed E-state index contributed by atoms with van der Waals surface area (Å²) in [5, 5.41) is 3.14. The average molecular weight is 389 g/mol. The normalized spacial score (nSPS) is 15.8. The summed E-state index contributed by atoms with van der Waals surface area (Å²) < 4.78 is 7.54. The molecule has 0 radical (unpaired) electrons. The molecule has 1 amide bonds. The molecule has 0 spiro atoms. The first-order valence-corrected chi connectivity index (χ1v) is 10.1. The lowest BCUT2D eigenvalue weighted by molar-refractivity contribution is 0.0162. The van der Waals surface area contributed by atoms with Crippen LogP contribution in [-0.4, -0.2) is 48.2 Å². The van der Waals surface area contributed by atoms with E-state index >= 15 is 0 Å². The van der Waals surface area contributed by atoms with E-state index in [1.54, 1.807) is 0 Å². The highest BCUT2D eigenvalue weighted by molar-refractivity contribution is 5.94. The van der Waals surface area contributed by atoms with Crippen LogP contribution in [0.25, 0.3) is 5.69 Å². The Labute approximate surface area is 171 Å². The monoisotopic (exact) mass is 389 g/mol. The second-order valence-corrected chi connectivity index (χ2v) is 7.43. The Morgan fingerprint density at radius 2 is 1.76 bits per heavy atom. The highest BCUT2D eigenvalue weighted by Crippen LogP contribution is 2.22. The van der Waals surface area contributed by atoms with Crippen LogP contribution in [0.3, 0.4) is 0 Å². The highest BCUT2D eigenvalue weighted by atomic mass is 16.5. The minimum Gasteiger partial charge on any atom is -0.379 e. The molecule has 2 aromatic carbocycles. The molecule has 1 unspecified atom stereocenters. The Kier molecular flexibility index (Phi) is 6.08. The quantitative estimate of drug-likeness (QED) is 0.701. The van der Waals surface area contributed by atoms with Gasteiger partial charge in [0.05, 0.1) is 19.3 Å². The van der Waals surface area contributed by atoms with Crippen LogP contribution in [-0.2, 0) is 4.74 Å². The largest absolute Gasteiger partial charge is 0.379 e.